The van der Waals surface area contributed by atoms with Crippen LogP contribution in [0.15, 0.2) is 47.3 Å². The largest absolute Gasteiger partial charge is 0.472 e. The third-order valence-corrected chi connectivity index (χ3v) is 2.84. The molecule has 0 aliphatic heterocycles. The van der Waals surface area contributed by atoms with Crippen LogP contribution in [0, 0.1) is 0 Å². The number of nitrogens with zero attached hydrogens (tertiary/aromatic N) is 1. The zero-order valence-corrected chi connectivity index (χ0v) is 10.3. The molecule has 0 radical (unpaired) electrons. The summed E-state index contributed by atoms with van der Waals surface area (Å²) in [5.41, 5.74) is 9.48. The second-order valence-electron chi connectivity index (χ2n) is 4.34. The van der Waals surface area contributed by atoms with Gasteiger partial charge in [0.2, 0.25) is 0 Å². The third kappa shape index (κ3) is 2.68. The first-order valence-corrected chi connectivity index (χ1v) is 5.75. The Hall–Kier alpha value is -1.74. The Labute approximate surface area is 102 Å². The topological polar surface area (TPSA) is 42.4 Å². The van der Waals surface area contributed by atoms with Crippen molar-refractivity contribution in [2.75, 3.05) is 11.9 Å². The first-order chi connectivity index (χ1) is 8.18. The highest BCUT2D eigenvalue weighted by molar-refractivity contribution is 5.54. The number of anilines is 1. The fourth-order valence-corrected chi connectivity index (χ4v) is 1.96. The zero-order valence-electron chi connectivity index (χ0n) is 10.3. The molecule has 3 heteroatoms. The highest BCUT2D eigenvalue weighted by atomic mass is 16.3. The van der Waals surface area contributed by atoms with Crippen LogP contribution in [-0.4, -0.2) is 7.05 Å². The predicted molar refractivity (Wildman–Crippen MR) is 69.9 cm³/mol. The van der Waals surface area contributed by atoms with Crippen molar-refractivity contribution in [3.8, 4) is 0 Å². The van der Waals surface area contributed by atoms with Gasteiger partial charge in [-0.1, -0.05) is 18.2 Å². The fourth-order valence-electron chi connectivity index (χ4n) is 1.96. The summed E-state index contributed by atoms with van der Waals surface area (Å²) in [5, 5.41) is 0. The van der Waals surface area contributed by atoms with Crippen LogP contribution in [0.1, 0.15) is 24.1 Å². The quantitative estimate of drug-likeness (QED) is 0.878. The summed E-state index contributed by atoms with van der Waals surface area (Å²) in [6.07, 6.45) is 3.46. The summed E-state index contributed by atoms with van der Waals surface area (Å²) in [7, 11) is 2.06. The average Bonchev–Trinajstić information content (AvgIpc) is 2.81. The first kappa shape index (κ1) is 11.7. The zero-order chi connectivity index (χ0) is 12.3. The predicted octanol–water partition coefficient (Wildman–Crippen LogP) is 2.94. The van der Waals surface area contributed by atoms with Crippen LogP contribution in [0.2, 0.25) is 0 Å². The lowest BCUT2D eigenvalue weighted by Gasteiger charge is -2.23. The van der Waals surface area contributed by atoms with E-state index in [9.17, 15) is 0 Å². The van der Waals surface area contributed by atoms with Gasteiger partial charge < -0.3 is 15.1 Å². The highest BCUT2D eigenvalue weighted by Crippen LogP contribution is 2.25. The molecule has 0 fully saturated rings. The van der Waals surface area contributed by atoms with E-state index in [0.29, 0.717) is 0 Å². The van der Waals surface area contributed by atoms with Crippen LogP contribution in [-0.2, 0) is 6.54 Å². The van der Waals surface area contributed by atoms with Crippen molar-refractivity contribution in [2.24, 2.45) is 5.73 Å². The summed E-state index contributed by atoms with van der Waals surface area (Å²) < 4.78 is 5.08. The Kier molecular flexibility index (Phi) is 3.49. The molecule has 0 bridgehead atoms. The average molecular weight is 230 g/mol. The van der Waals surface area contributed by atoms with E-state index in [4.69, 9.17) is 10.2 Å². The van der Waals surface area contributed by atoms with Crippen molar-refractivity contribution in [2.45, 2.75) is 19.5 Å². The van der Waals surface area contributed by atoms with Crippen LogP contribution in [0.25, 0.3) is 0 Å². The van der Waals surface area contributed by atoms with Gasteiger partial charge >= 0.3 is 0 Å². The molecule has 0 saturated carbocycles. The van der Waals surface area contributed by atoms with Crippen LogP contribution in [0.3, 0.4) is 0 Å². The molecule has 1 atom stereocenters. The SMILES string of the molecule is C[C@H](N)c1ccccc1N(C)Cc1ccoc1. The van der Waals surface area contributed by atoms with Gasteiger partial charge in [0, 0.05) is 30.9 Å². The molecular formula is C14H18N2O. The van der Waals surface area contributed by atoms with Gasteiger partial charge in [0.15, 0.2) is 0 Å². The highest BCUT2D eigenvalue weighted by Gasteiger charge is 2.10. The van der Waals surface area contributed by atoms with Gasteiger partial charge in [-0.15, -0.1) is 0 Å². The summed E-state index contributed by atoms with van der Waals surface area (Å²) >= 11 is 0. The Morgan fingerprint density at radius 3 is 2.71 bits per heavy atom. The van der Waals surface area contributed by atoms with Gasteiger partial charge in [-0.25, -0.2) is 0 Å². The molecule has 1 aromatic heterocycles. The molecule has 1 aromatic carbocycles. The Morgan fingerprint density at radius 1 is 1.29 bits per heavy atom. The molecule has 0 aliphatic carbocycles. The number of nitrogens with two attached hydrogens (primary N) is 1. The van der Waals surface area contributed by atoms with E-state index in [0.717, 1.165) is 12.1 Å². The van der Waals surface area contributed by atoms with E-state index in [1.807, 2.05) is 25.1 Å². The lowest BCUT2D eigenvalue weighted by atomic mass is 10.1. The van der Waals surface area contributed by atoms with E-state index >= 15 is 0 Å². The van der Waals surface area contributed by atoms with Gasteiger partial charge in [-0.05, 0) is 24.6 Å². The molecule has 2 rings (SSSR count). The molecule has 17 heavy (non-hydrogen) atoms. The van der Waals surface area contributed by atoms with Crippen LogP contribution >= 0.6 is 0 Å². The number of para-hydroxylation sites is 1. The monoisotopic (exact) mass is 230 g/mol. The lowest BCUT2D eigenvalue weighted by Crippen LogP contribution is -2.19. The summed E-state index contributed by atoms with van der Waals surface area (Å²) in [5.74, 6) is 0. The molecule has 2 N–H and O–H groups in total. The van der Waals surface area contributed by atoms with Crippen LogP contribution in [0.5, 0.6) is 0 Å². The summed E-state index contributed by atoms with van der Waals surface area (Å²) in [6, 6.07) is 10.2. The summed E-state index contributed by atoms with van der Waals surface area (Å²) in [6.45, 7) is 2.82. The minimum Gasteiger partial charge on any atom is -0.472 e. The molecular weight excluding hydrogens is 212 g/mol. The standard InChI is InChI=1S/C14H18N2O/c1-11(15)13-5-3-4-6-14(13)16(2)9-12-7-8-17-10-12/h3-8,10-11H,9,15H2,1-2H3/t11-/m0/s1. The van der Waals surface area contributed by atoms with Crippen LogP contribution < -0.4 is 10.6 Å². The van der Waals surface area contributed by atoms with Gasteiger partial charge in [-0.3, -0.25) is 0 Å². The molecule has 2 aromatic rings. The minimum atomic E-state index is 0.0398. The van der Waals surface area contributed by atoms with Crippen molar-refractivity contribution in [3.63, 3.8) is 0 Å². The molecule has 0 amide bonds. The lowest BCUT2D eigenvalue weighted by molar-refractivity contribution is 0.563. The second-order valence-corrected chi connectivity index (χ2v) is 4.34. The van der Waals surface area contributed by atoms with Crippen LogP contribution in [0.4, 0.5) is 5.69 Å². The molecule has 0 saturated heterocycles. The maximum Gasteiger partial charge on any atom is 0.0952 e. The van der Waals surface area contributed by atoms with Crippen molar-refractivity contribution in [3.05, 3.63) is 54.0 Å². The van der Waals surface area contributed by atoms with E-state index in [1.54, 1.807) is 12.5 Å². The van der Waals surface area contributed by atoms with E-state index < -0.39 is 0 Å². The van der Waals surface area contributed by atoms with Crippen molar-refractivity contribution in [1.82, 2.24) is 0 Å². The number of rotatable bonds is 4. The van der Waals surface area contributed by atoms with Crippen molar-refractivity contribution < 1.29 is 4.42 Å². The van der Waals surface area contributed by atoms with E-state index in [1.165, 1.54) is 11.3 Å². The molecule has 1 heterocycles. The maximum atomic E-state index is 5.98. The van der Waals surface area contributed by atoms with Gasteiger partial charge in [-0.2, -0.15) is 0 Å². The molecule has 0 aliphatic rings. The Bertz CT molecular complexity index is 463. The van der Waals surface area contributed by atoms with Gasteiger partial charge in [0.1, 0.15) is 0 Å². The Morgan fingerprint density at radius 2 is 2.06 bits per heavy atom. The van der Waals surface area contributed by atoms with Gasteiger partial charge in [0.25, 0.3) is 0 Å². The van der Waals surface area contributed by atoms with Crippen molar-refractivity contribution in [1.29, 1.82) is 0 Å². The van der Waals surface area contributed by atoms with Crippen molar-refractivity contribution >= 4 is 5.69 Å². The Balaban J connectivity index is 2.21. The van der Waals surface area contributed by atoms with E-state index in [2.05, 4.69) is 24.1 Å². The molecule has 0 unspecified atom stereocenters. The number of furan rings is 1. The molecule has 0 spiro atoms. The minimum absolute atomic E-state index is 0.0398. The normalized spacial score (nSPS) is 12.4. The third-order valence-electron chi connectivity index (χ3n) is 2.84. The van der Waals surface area contributed by atoms with E-state index in [-0.39, 0.29) is 6.04 Å². The number of hydrogen-bond acceptors (Lipinski definition) is 3. The smallest absolute Gasteiger partial charge is 0.0952 e. The molecule has 3 nitrogen and oxygen atoms in total. The number of hydrogen-bond donors (Lipinski definition) is 1. The van der Waals surface area contributed by atoms with Gasteiger partial charge in [0.05, 0.1) is 12.5 Å². The fraction of sp³-hybridized carbons (Fsp3) is 0.286. The summed E-state index contributed by atoms with van der Waals surface area (Å²) in [4.78, 5) is 2.18. The maximum absolute atomic E-state index is 5.98. The second kappa shape index (κ2) is 5.06. The number of benzene rings is 1. The molecule has 90 valence electrons. The first-order valence-electron chi connectivity index (χ1n) is 5.75.